The summed E-state index contributed by atoms with van der Waals surface area (Å²) in [6.07, 6.45) is 3.79. The van der Waals surface area contributed by atoms with E-state index < -0.39 is 5.97 Å². The molecule has 1 saturated carbocycles. The summed E-state index contributed by atoms with van der Waals surface area (Å²) in [5, 5.41) is 29.0. The van der Waals surface area contributed by atoms with Crippen molar-refractivity contribution >= 4 is 28.0 Å². The van der Waals surface area contributed by atoms with Crippen LogP contribution in [0.4, 0.5) is 0 Å². The third-order valence-electron chi connectivity index (χ3n) is 6.19. The lowest BCUT2D eigenvalue weighted by molar-refractivity contribution is -0.137. The second-order valence-electron chi connectivity index (χ2n) is 8.19. The van der Waals surface area contributed by atoms with Crippen molar-refractivity contribution in [2.24, 2.45) is 7.05 Å². The molecule has 2 aromatic heterocycles. The zero-order valence-electron chi connectivity index (χ0n) is 16.9. The maximum Gasteiger partial charge on any atom is 0.304 e. The van der Waals surface area contributed by atoms with Gasteiger partial charge in [0.15, 0.2) is 0 Å². The van der Waals surface area contributed by atoms with Crippen LogP contribution in [0.15, 0.2) is 34.9 Å². The zero-order chi connectivity index (χ0) is 21.0. The molecule has 0 radical (unpaired) electrons. The van der Waals surface area contributed by atoms with Gasteiger partial charge in [-0.25, -0.2) is 4.68 Å². The number of rotatable bonds is 6. The van der Waals surface area contributed by atoms with E-state index >= 15 is 0 Å². The number of aliphatic carboxylic acids is 1. The number of aromatic nitrogens is 3. The van der Waals surface area contributed by atoms with Crippen LogP contribution in [0.1, 0.15) is 58.9 Å². The Hall–Kier alpha value is -3.19. The average Bonchev–Trinajstić information content (AvgIpc) is 3.33. The van der Waals surface area contributed by atoms with Crippen molar-refractivity contribution in [3.63, 3.8) is 0 Å². The Bertz CT molecular complexity index is 1280. The number of nitrogens with zero attached hydrogens (tertiary/aromatic N) is 3. The van der Waals surface area contributed by atoms with E-state index in [0.717, 1.165) is 46.0 Å². The second kappa shape index (κ2) is 6.95. The number of carboxylic acids is 1. The summed E-state index contributed by atoms with van der Waals surface area (Å²) in [5.74, 6) is -0.764. The second-order valence-corrected chi connectivity index (χ2v) is 8.19. The molecule has 1 unspecified atom stereocenters. The highest BCUT2D eigenvalue weighted by Crippen LogP contribution is 2.46. The van der Waals surface area contributed by atoms with Crippen LogP contribution in [0.2, 0.25) is 0 Å². The van der Waals surface area contributed by atoms with E-state index in [1.165, 1.54) is 5.56 Å². The summed E-state index contributed by atoms with van der Waals surface area (Å²) in [6, 6.07) is 7.81. The highest BCUT2D eigenvalue weighted by atomic mass is 16.4. The summed E-state index contributed by atoms with van der Waals surface area (Å²) in [6.45, 7) is 1.81. The Morgan fingerprint density at radius 1 is 1.33 bits per heavy atom. The van der Waals surface area contributed by atoms with Crippen molar-refractivity contribution in [3.8, 4) is 0 Å². The minimum absolute atomic E-state index is 0.0507. The number of aryl methyl sites for hydroxylation is 2. The molecule has 7 nitrogen and oxygen atoms in total. The monoisotopic (exact) mass is 405 g/mol. The van der Waals surface area contributed by atoms with Crippen LogP contribution in [0.5, 0.6) is 0 Å². The first-order valence-corrected chi connectivity index (χ1v) is 10.1. The minimum Gasteiger partial charge on any atom is -0.481 e. The number of hydrogen-bond acceptors (Lipinski definition) is 5. The molecular formula is C23H23N3O4. The highest BCUT2D eigenvalue weighted by Gasteiger charge is 2.31. The summed E-state index contributed by atoms with van der Waals surface area (Å²) in [7, 11) is 1.90. The van der Waals surface area contributed by atoms with Crippen LogP contribution in [-0.4, -0.2) is 31.2 Å². The molecular weight excluding hydrogens is 382 g/mol. The molecule has 30 heavy (non-hydrogen) atoms. The lowest BCUT2D eigenvalue weighted by Crippen LogP contribution is -2.11. The van der Waals surface area contributed by atoms with Crippen LogP contribution in [0.3, 0.4) is 0 Å². The van der Waals surface area contributed by atoms with E-state index in [4.69, 9.17) is 4.42 Å². The summed E-state index contributed by atoms with van der Waals surface area (Å²) >= 11 is 0. The molecule has 4 aromatic rings. The highest BCUT2D eigenvalue weighted by molar-refractivity contribution is 5.85. The third kappa shape index (κ3) is 2.97. The Balaban J connectivity index is 1.75. The lowest BCUT2D eigenvalue weighted by Gasteiger charge is -2.21. The Morgan fingerprint density at radius 2 is 2.13 bits per heavy atom. The van der Waals surface area contributed by atoms with Crippen molar-refractivity contribution < 1.29 is 19.4 Å². The average molecular weight is 405 g/mol. The van der Waals surface area contributed by atoms with Crippen LogP contribution in [-0.2, 0) is 18.4 Å². The van der Waals surface area contributed by atoms with Gasteiger partial charge in [-0.1, -0.05) is 11.3 Å². The SMILES string of the molecule is Cc1c(C(CC(=O)O)c2cc(CO)c3occc3c2)cc(C2CC2)c2c1nnn2C. The van der Waals surface area contributed by atoms with Crippen molar-refractivity contribution in [1.82, 2.24) is 15.0 Å². The third-order valence-corrected chi connectivity index (χ3v) is 6.19. The lowest BCUT2D eigenvalue weighted by atomic mass is 9.83. The molecule has 0 bridgehead atoms. The van der Waals surface area contributed by atoms with Crippen molar-refractivity contribution in [1.29, 1.82) is 0 Å². The first-order valence-electron chi connectivity index (χ1n) is 10.1. The van der Waals surface area contributed by atoms with Gasteiger partial charge < -0.3 is 14.6 Å². The number of furan rings is 1. The van der Waals surface area contributed by atoms with Gasteiger partial charge in [0, 0.05) is 23.9 Å². The van der Waals surface area contributed by atoms with E-state index in [1.54, 1.807) is 6.26 Å². The first kappa shape index (κ1) is 18.8. The molecule has 154 valence electrons. The number of fused-ring (bicyclic) bond motifs is 2. The molecule has 0 aliphatic heterocycles. The molecule has 7 heteroatoms. The van der Waals surface area contributed by atoms with Gasteiger partial charge in [0.2, 0.25) is 0 Å². The van der Waals surface area contributed by atoms with Gasteiger partial charge in [-0.15, -0.1) is 5.10 Å². The number of aliphatic hydroxyl groups excluding tert-OH is 1. The molecule has 0 saturated heterocycles. The van der Waals surface area contributed by atoms with Crippen molar-refractivity contribution in [2.45, 2.75) is 44.6 Å². The first-order chi connectivity index (χ1) is 14.5. The zero-order valence-corrected chi connectivity index (χ0v) is 16.9. The van der Waals surface area contributed by atoms with E-state index in [1.807, 2.05) is 36.9 Å². The maximum absolute atomic E-state index is 11.8. The molecule has 5 rings (SSSR count). The van der Waals surface area contributed by atoms with Crippen molar-refractivity contribution in [2.75, 3.05) is 0 Å². The number of carboxylic acid groups (broad SMARTS) is 1. The summed E-state index contributed by atoms with van der Waals surface area (Å²) in [5.41, 5.74) is 7.11. The van der Waals surface area contributed by atoms with Gasteiger partial charge in [-0.2, -0.15) is 0 Å². The smallest absolute Gasteiger partial charge is 0.304 e. The molecule has 1 aliphatic rings. The van der Waals surface area contributed by atoms with E-state index in [-0.39, 0.29) is 18.9 Å². The summed E-state index contributed by atoms with van der Waals surface area (Å²) in [4.78, 5) is 11.8. The van der Waals surface area contributed by atoms with E-state index in [2.05, 4.69) is 16.4 Å². The summed E-state index contributed by atoms with van der Waals surface area (Å²) < 4.78 is 7.32. The van der Waals surface area contributed by atoms with Gasteiger partial charge in [0.25, 0.3) is 0 Å². The predicted octanol–water partition coefficient (Wildman–Crippen LogP) is 4.00. The van der Waals surface area contributed by atoms with Crippen LogP contribution in [0, 0.1) is 6.92 Å². The van der Waals surface area contributed by atoms with E-state index in [9.17, 15) is 15.0 Å². The molecule has 0 spiro atoms. The molecule has 1 atom stereocenters. The van der Waals surface area contributed by atoms with Gasteiger partial charge in [0.1, 0.15) is 11.1 Å². The number of aliphatic hydroxyl groups is 1. The fourth-order valence-electron chi connectivity index (χ4n) is 4.56. The number of benzene rings is 2. The van der Waals surface area contributed by atoms with Crippen LogP contribution >= 0.6 is 0 Å². The van der Waals surface area contributed by atoms with Gasteiger partial charge in [-0.05, 0) is 66.1 Å². The quantitative estimate of drug-likeness (QED) is 0.503. The molecule has 2 N–H and O–H groups in total. The Morgan fingerprint density at radius 3 is 2.83 bits per heavy atom. The van der Waals surface area contributed by atoms with Crippen LogP contribution < -0.4 is 0 Å². The molecule has 1 aliphatic carbocycles. The van der Waals surface area contributed by atoms with Crippen molar-refractivity contribution in [3.05, 3.63) is 58.3 Å². The largest absolute Gasteiger partial charge is 0.481 e. The van der Waals surface area contributed by atoms with E-state index in [0.29, 0.717) is 17.1 Å². The molecule has 2 aromatic carbocycles. The minimum atomic E-state index is -0.871. The normalized spacial score (nSPS) is 15.2. The Kier molecular flexibility index (Phi) is 4.36. The number of carbonyl (C=O) groups is 1. The number of hydrogen-bond donors (Lipinski definition) is 2. The standard InChI is InChI=1S/C23H23N3O4/c1-12-17(9-19(13-3-4-13)22-21(12)24-25-26(22)2)18(10-20(28)29)15-7-14-5-6-30-23(14)16(8-15)11-27/h5-9,13,18,27H,3-4,10-11H2,1-2H3,(H,28,29). The van der Waals surface area contributed by atoms with Gasteiger partial charge >= 0.3 is 5.97 Å². The molecule has 2 heterocycles. The predicted molar refractivity (Wildman–Crippen MR) is 111 cm³/mol. The molecule has 1 fully saturated rings. The fraction of sp³-hybridized carbons (Fsp3) is 0.348. The Labute approximate surface area is 172 Å². The van der Waals surface area contributed by atoms with Crippen LogP contribution in [0.25, 0.3) is 22.0 Å². The van der Waals surface area contributed by atoms with Gasteiger partial charge in [0.05, 0.1) is 24.8 Å². The molecule has 0 amide bonds. The van der Waals surface area contributed by atoms with Gasteiger partial charge in [-0.3, -0.25) is 4.79 Å². The maximum atomic E-state index is 11.8. The topological polar surface area (TPSA) is 101 Å². The fourth-order valence-corrected chi connectivity index (χ4v) is 4.56.